The fourth-order valence-corrected chi connectivity index (χ4v) is 2.46. The quantitative estimate of drug-likeness (QED) is 0.232. The molecule has 0 radical (unpaired) electrons. The number of hydrogen-bond donors (Lipinski definition) is 2. The van der Waals surface area contributed by atoms with Crippen LogP contribution in [0.1, 0.15) is 16.7 Å². The standard InChI is InChI=1S/C20H23F4N3O.HI/c1-25-19(26-10-9-15-3-2-4-18(21)11-15)27-12-16-5-7-17(8-6-16)13-28-14-20(22,23)24;/h2-8,11H,9-10,12-14H2,1H3,(H2,25,26,27);1H. The van der Waals surface area contributed by atoms with Crippen LogP contribution in [0.5, 0.6) is 0 Å². The number of aliphatic imine (C=N–C) groups is 1. The Bertz CT molecular complexity index is 767. The van der Waals surface area contributed by atoms with E-state index in [1.807, 2.05) is 18.2 Å². The molecule has 0 fully saturated rings. The number of rotatable bonds is 8. The topological polar surface area (TPSA) is 45.7 Å². The highest BCUT2D eigenvalue weighted by molar-refractivity contribution is 14.0. The molecule has 0 amide bonds. The van der Waals surface area contributed by atoms with Crippen LogP contribution in [-0.4, -0.2) is 32.3 Å². The molecular weight excluding hydrogens is 501 g/mol. The second kappa shape index (κ2) is 12.6. The maximum atomic E-state index is 13.2. The van der Waals surface area contributed by atoms with Crippen molar-refractivity contribution in [2.45, 2.75) is 25.7 Å². The van der Waals surface area contributed by atoms with Gasteiger partial charge in [-0.25, -0.2) is 4.39 Å². The van der Waals surface area contributed by atoms with Gasteiger partial charge in [0.15, 0.2) is 5.96 Å². The van der Waals surface area contributed by atoms with Crippen LogP contribution in [-0.2, 0) is 24.3 Å². The van der Waals surface area contributed by atoms with Crippen molar-refractivity contribution in [3.05, 3.63) is 71.0 Å². The SMILES string of the molecule is CN=C(NCCc1cccc(F)c1)NCc1ccc(COCC(F)(F)F)cc1.I. The van der Waals surface area contributed by atoms with Crippen LogP contribution in [0.4, 0.5) is 17.6 Å². The van der Waals surface area contributed by atoms with Crippen LogP contribution >= 0.6 is 24.0 Å². The van der Waals surface area contributed by atoms with Crippen molar-refractivity contribution in [3.63, 3.8) is 0 Å². The normalized spacial score (nSPS) is 11.7. The molecule has 2 aromatic carbocycles. The van der Waals surface area contributed by atoms with Gasteiger partial charge in [0, 0.05) is 20.1 Å². The number of alkyl halides is 3. The number of guanidine groups is 1. The number of hydrogen-bond acceptors (Lipinski definition) is 2. The molecule has 0 unspecified atom stereocenters. The minimum atomic E-state index is -4.32. The van der Waals surface area contributed by atoms with Crippen LogP contribution < -0.4 is 10.6 Å². The minimum absolute atomic E-state index is 0. The molecule has 0 aliphatic heterocycles. The average molecular weight is 525 g/mol. The Hall–Kier alpha value is -1.88. The number of benzene rings is 2. The highest BCUT2D eigenvalue weighted by atomic mass is 127. The van der Waals surface area contributed by atoms with Crippen molar-refractivity contribution in [2.75, 3.05) is 20.2 Å². The highest BCUT2D eigenvalue weighted by Gasteiger charge is 2.27. The summed E-state index contributed by atoms with van der Waals surface area (Å²) >= 11 is 0. The first-order chi connectivity index (χ1) is 13.4. The number of nitrogens with one attached hydrogen (secondary N) is 2. The summed E-state index contributed by atoms with van der Waals surface area (Å²) in [5.74, 6) is 0.348. The fraction of sp³-hybridized carbons (Fsp3) is 0.350. The van der Waals surface area contributed by atoms with E-state index in [0.717, 1.165) is 11.1 Å². The number of ether oxygens (including phenoxy) is 1. The van der Waals surface area contributed by atoms with Crippen molar-refractivity contribution in [1.29, 1.82) is 0 Å². The summed E-state index contributed by atoms with van der Waals surface area (Å²) in [7, 11) is 1.65. The molecule has 2 rings (SSSR count). The van der Waals surface area contributed by atoms with Crippen molar-refractivity contribution in [2.24, 2.45) is 4.99 Å². The van der Waals surface area contributed by atoms with E-state index in [-0.39, 0.29) is 36.4 Å². The molecule has 0 bridgehead atoms. The lowest BCUT2D eigenvalue weighted by Crippen LogP contribution is -2.37. The van der Waals surface area contributed by atoms with Gasteiger partial charge >= 0.3 is 6.18 Å². The molecule has 0 saturated carbocycles. The lowest BCUT2D eigenvalue weighted by molar-refractivity contribution is -0.176. The summed E-state index contributed by atoms with van der Waals surface area (Å²) in [6.07, 6.45) is -3.66. The van der Waals surface area contributed by atoms with E-state index in [2.05, 4.69) is 20.4 Å². The maximum Gasteiger partial charge on any atom is 0.411 e. The molecule has 0 aliphatic carbocycles. The fourth-order valence-electron chi connectivity index (χ4n) is 2.46. The van der Waals surface area contributed by atoms with Gasteiger partial charge in [-0.05, 0) is 35.2 Å². The Labute approximate surface area is 184 Å². The van der Waals surface area contributed by atoms with Crippen LogP contribution in [0.15, 0.2) is 53.5 Å². The summed E-state index contributed by atoms with van der Waals surface area (Å²) in [6, 6.07) is 13.5. The Balaban J connectivity index is 0.00000420. The Morgan fingerprint density at radius 2 is 1.69 bits per heavy atom. The summed E-state index contributed by atoms with van der Waals surface area (Å²) in [4.78, 5) is 4.13. The van der Waals surface area contributed by atoms with Gasteiger partial charge in [-0.15, -0.1) is 24.0 Å². The predicted octanol–water partition coefficient (Wildman–Crippen LogP) is 4.43. The van der Waals surface area contributed by atoms with Crippen LogP contribution in [0.2, 0.25) is 0 Å². The maximum absolute atomic E-state index is 13.2. The molecule has 0 aliphatic rings. The minimum Gasteiger partial charge on any atom is -0.367 e. The molecular formula is C20H24F4IN3O. The van der Waals surface area contributed by atoms with Crippen LogP contribution in [0.3, 0.4) is 0 Å². The van der Waals surface area contributed by atoms with Gasteiger partial charge in [0.25, 0.3) is 0 Å². The first-order valence-corrected chi connectivity index (χ1v) is 8.77. The molecule has 160 valence electrons. The van der Waals surface area contributed by atoms with E-state index in [1.165, 1.54) is 12.1 Å². The van der Waals surface area contributed by atoms with E-state index in [4.69, 9.17) is 0 Å². The molecule has 2 N–H and O–H groups in total. The summed E-state index contributed by atoms with van der Waals surface area (Å²) in [5.41, 5.74) is 2.52. The van der Waals surface area contributed by atoms with Crippen molar-refractivity contribution in [3.8, 4) is 0 Å². The Morgan fingerprint density at radius 1 is 1.00 bits per heavy atom. The second-order valence-corrected chi connectivity index (χ2v) is 6.16. The van der Waals surface area contributed by atoms with Gasteiger partial charge in [-0.1, -0.05) is 36.4 Å². The molecule has 0 heterocycles. The zero-order valence-corrected chi connectivity index (χ0v) is 18.3. The third-order valence-corrected chi connectivity index (χ3v) is 3.84. The van der Waals surface area contributed by atoms with Crippen molar-refractivity contribution in [1.82, 2.24) is 10.6 Å². The average Bonchev–Trinajstić information content (AvgIpc) is 2.64. The third-order valence-electron chi connectivity index (χ3n) is 3.84. The van der Waals surface area contributed by atoms with Gasteiger partial charge in [-0.3, -0.25) is 4.99 Å². The van der Waals surface area contributed by atoms with Crippen LogP contribution in [0, 0.1) is 5.82 Å². The smallest absolute Gasteiger partial charge is 0.367 e. The van der Waals surface area contributed by atoms with Gasteiger partial charge in [0.2, 0.25) is 0 Å². The molecule has 0 aromatic heterocycles. The lowest BCUT2D eigenvalue weighted by atomic mass is 10.1. The lowest BCUT2D eigenvalue weighted by Gasteiger charge is -2.12. The largest absolute Gasteiger partial charge is 0.411 e. The Kier molecular flexibility index (Phi) is 11.0. The predicted molar refractivity (Wildman–Crippen MR) is 116 cm³/mol. The highest BCUT2D eigenvalue weighted by Crippen LogP contribution is 2.15. The number of halogens is 5. The van der Waals surface area contributed by atoms with Crippen molar-refractivity contribution >= 4 is 29.9 Å². The molecule has 0 saturated heterocycles. The second-order valence-electron chi connectivity index (χ2n) is 6.16. The van der Waals surface area contributed by atoms with Gasteiger partial charge in [-0.2, -0.15) is 13.2 Å². The molecule has 2 aromatic rings. The molecule has 4 nitrogen and oxygen atoms in total. The van der Waals surface area contributed by atoms with E-state index in [0.29, 0.717) is 31.0 Å². The van der Waals surface area contributed by atoms with E-state index >= 15 is 0 Å². The van der Waals surface area contributed by atoms with E-state index in [9.17, 15) is 17.6 Å². The summed E-state index contributed by atoms with van der Waals surface area (Å²) in [6.45, 7) is -0.244. The molecule has 0 spiro atoms. The van der Waals surface area contributed by atoms with E-state index < -0.39 is 12.8 Å². The van der Waals surface area contributed by atoms with Crippen molar-refractivity contribution < 1.29 is 22.3 Å². The molecule has 9 heteroatoms. The van der Waals surface area contributed by atoms with Gasteiger partial charge in [0.05, 0.1) is 6.61 Å². The Morgan fingerprint density at radius 3 is 2.31 bits per heavy atom. The summed E-state index contributed by atoms with van der Waals surface area (Å²) in [5, 5.41) is 6.30. The zero-order valence-electron chi connectivity index (χ0n) is 15.9. The number of nitrogens with zero attached hydrogens (tertiary/aromatic N) is 1. The van der Waals surface area contributed by atoms with Gasteiger partial charge < -0.3 is 15.4 Å². The van der Waals surface area contributed by atoms with Crippen LogP contribution in [0.25, 0.3) is 0 Å². The molecule has 0 atom stereocenters. The first-order valence-electron chi connectivity index (χ1n) is 8.77. The monoisotopic (exact) mass is 525 g/mol. The van der Waals surface area contributed by atoms with E-state index in [1.54, 1.807) is 25.2 Å². The first kappa shape index (κ1) is 25.2. The molecule has 29 heavy (non-hydrogen) atoms. The third kappa shape index (κ3) is 10.5. The van der Waals surface area contributed by atoms with Gasteiger partial charge in [0.1, 0.15) is 12.4 Å². The summed E-state index contributed by atoms with van der Waals surface area (Å²) < 4.78 is 54.0. The zero-order chi connectivity index (χ0) is 20.4.